The van der Waals surface area contributed by atoms with Crippen molar-refractivity contribution in [3.8, 4) is 0 Å². The summed E-state index contributed by atoms with van der Waals surface area (Å²) in [5, 5.41) is 9.73. The van der Waals surface area contributed by atoms with Crippen molar-refractivity contribution in [2.45, 2.75) is 392 Å². The van der Waals surface area contributed by atoms with Crippen molar-refractivity contribution in [1.82, 2.24) is 0 Å². The molecule has 0 aliphatic carbocycles. The van der Waals surface area contributed by atoms with Crippen LogP contribution in [-0.4, -0.2) is 36.4 Å². The SMILES string of the molecule is CC/C=C\C/C=C\C/C=C\C/C=C\C/C=C\C/C=C\C/C=C\C/C=C\C/C=C\C/C=C\CCCCCCCCCCCCC(=O)OC(CO)COC(=O)CCCCCCCCCCCCCCCCCCCCCCCCCCCC/C=C\C/C=C\C/C=C\CCCCCCC. The van der Waals surface area contributed by atoms with E-state index in [9.17, 15) is 14.7 Å². The molecular weight excluding hydrogens is 1170 g/mol. The van der Waals surface area contributed by atoms with Crippen LogP contribution >= 0.6 is 0 Å². The Morgan fingerprint density at radius 3 is 0.677 bits per heavy atom. The van der Waals surface area contributed by atoms with E-state index in [4.69, 9.17) is 9.47 Å². The van der Waals surface area contributed by atoms with Gasteiger partial charge < -0.3 is 14.6 Å². The number of aliphatic hydroxyl groups is 1. The maximum absolute atomic E-state index is 12.4. The topological polar surface area (TPSA) is 72.8 Å². The molecule has 0 saturated heterocycles. The molecule has 0 spiro atoms. The third-order valence-corrected chi connectivity index (χ3v) is 17.8. The molecule has 0 aliphatic heterocycles. The predicted molar refractivity (Wildman–Crippen MR) is 426 cm³/mol. The maximum Gasteiger partial charge on any atom is 0.306 e. The molecule has 1 atom stereocenters. The molecule has 0 aromatic rings. The number of rotatable bonds is 75. The summed E-state index contributed by atoms with van der Waals surface area (Å²) in [5.41, 5.74) is 0. The number of hydrogen-bond acceptors (Lipinski definition) is 5. The molecule has 0 aromatic heterocycles. The van der Waals surface area contributed by atoms with Crippen molar-refractivity contribution >= 4 is 11.9 Å². The highest BCUT2D eigenvalue weighted by Gasteiger charge is 2.16. The fourth-order valence-corrected chi connectivity index (χ4v) is 11.7. The van der Waals surface area contributed by atoms with Crippen LogP contribution in [0, 0.1) is 0 Å². The molecule has 0 fully saturated rings. The van der Waals surface area contributed by atoms with Crippen molar-refractivity contribution in [2.24, 2.45) is 0 Å². The van der Waals surface area contributed by atoms with Crippen molar-refractivity contribution in [3.63, 3.8) is 0 Å². The van der Waals surface area contributed by atoms with Crippen LogP contribution < -0.4 is 0 Å². The molecule has 548 valence electrons. The van der Waals surface area contributed by atoms with Crippen LogP contribution in [0.1, 0.15) is 386 Å². The molecule has 0 rings (SSSR count). The minimum atomic E-state index is -0.784. The maximum atomic E-state index is 12.4. The van der Waals surface area contributed by atoms with E-state index < -0.39 is 6.10 Å². The minimum absolute atomic E-state index is 0.0709. The van der Waals surface area contributed by atoms with Gasteiger partial charge in [-0.1, -0.05) is 403 Å². The average molecular weight is 1330 g/mol. The summed E-state index contributed by atoms with van der Waals surface area (Å²) in [6, 6.07) is 0. The Labute approximate surface area is 596 Å². The standard InChI is InChI=1S/C91H154O5/c1-3-5-7-9-11-13-15-17-19-21-23-25-27-29-31-33-35-37-39-41-43-45-47-49-51-53-55-57-59-61-63-65-67-69-71-73-75-77-79-81-83-85-90(93)95-88-89(87-92)96-91(94)86-84-82-80-78-76-74-72-70-68-66-64-62-60-58-56-54-52-50-48-46-44-42-40-38-36-34-32-30-28-26-24-22-20-18-16-14-12-10-8-6-4-2/h6,8,12,14-15,17-18,20-21,23-24,26-27,29-30,32,36,38,42,44,48,50,54,56,60,62,89,92H,3-5,7,9-11,13,16,19,22,25,28,31,33-35,37,39-41,43,45-47,49,51-53,55,57-59,61,63-88H2,1-2H3/b8-6-,14-12-,17-15-,20-18-,23-21-,26-24-,29-27-,32-30-,38-36-,44-42-,50-48-,56-54-,62-60-. The second-order valence-electron chi connectivity index (χ2n) is 27.1. The van der Waals surface area contributed by atoms with Gasteiger partial charge in [0.05, 0.1) is 6.61 Å². The molecule has 0 bridgehead atoms. The monoisotopic (exact) mass is 1330 g/mol. The number of esters is 2. The lowest BCUT2D eigenvalue weighted by molar-refractivity contribution is -0.161. The highest BCUT2D eigenvalue weighted by molar-refractivity contribution is 5.70. The number of carbonyl (C=O) groups is 2. The number of unbranched alkanes of at least 4 members (excludes halogenated alkanes) is 41. The molecule has 0 aliphatic rings. The van der Waals surface area contributed by atoms with Gasteiger partial charge in [0, 0.05) is 12.8 Å². The largest absolute Gasteiger partial charge is 0.462 e. The zero-order valence-corrected chi connectivity index (χ0v) is 63.1. The summed E-state index contributed by atoms with van der Waals surface area (Å²) in [6.45, 7) is 4.04. The highest BCUT2D eigenvalue weighted by atomic mass is 16.6. The molecule has 96 heavy (non-hydrogen) atoms. The van der Waals surface area contributed by atoms with Crippen molar-refractivity contribution in [2.75, 3.05) is 13.2 Å². The molecule has 0 aromatic carbocycles. The first kappa shape index (κ1) is 91.5. The summed E-state index contributed by atoms with van der Waals surface area (Å²) in [7, 11) is 0. The normalized spacial score (nSPS) is 13.1. The Balaban J connectivity index is 3.48. The van der Waals surface area contributed by atoms with Gasteiger partial charge in [-0.2, -0.15) is 0 Å². The highest BCUT2D eigenvalue weighted by Crippen LogP contribution is 2.18. The first-order chi connectivity index (χ1) is 47.6. The molecule has 5 heteroatoms. The van der Waals surface area contributed by atoms with Crippen molar-refractivity contribution < 1.29 is 24.2 Å². The van der Waals surface area contributed by atoms with Gasteiger partial charge in [0.2, 0.25) is 0 Å². The molecule has 1 unspecified atom stereocenters. The summed E-state index contributed by atoms with van der Waals surface area (Å²) >= 11 is 0. The first-order valence-corrected chi connectivity index (χ1v) is 41.0. The van der Waals surface area contributed by atoms with E-state index in [1.165, 1.54) is 244 Å². The Morgan fingerprint density at radius 2 is 0.448 bits per heavy atom. The van der Waals surface area contributed by atoms with E-state index in [2.05, 4.69) is 172 Å². The molecule has 0 saturated carbocycles. The summed E-state index contributed by atoms with van der Waals surface area (Å²) in [6.07, 6.45) is 129. The van der Waals surface area contributed by atoms with Gasteiger partial charge in [0.1, 0.15) is 6.61 Å². The Bertz CT molecular complexity index is 2000. The number of allylic oxidation sites excluding steroid dienone is 26. The van der Waals surface area contributed by atoms with Gasteiger partial charge in [0.25, 0.3) is 0 Å². The van der Waals surface area contributed by atoms with Crippen molar-refractivity contribution in [3.05, 3.63) is 158 Å². The van der Waals surface area contributed by atoms with Gasteiger partial charge in [0.15, 0.2) is 6.10 Å². The van der Waals surface area contributed by atoms with E-state index >= 15 is 0 Å². The second kappa shape index (κ2) is 84.7. The van der Waals surface area contributed by atoms with Crippen LogP contribution in [0.4, 0.5) is 0 Å². The Kier molecular flexibility index (Phi) is 80.8. The van der Waals surface area contributed by atoms with Gasteiger partial charge >= 0.3 is 11.9 Å². The van der Waals surface area contributed by atoms with E-state index in [0.717, 1.165) is 116 Å². The zero-order chi connectivity index (χ0) is 69.0. The lowest BCUT2D eigenvalue weighted by Crippen LogP contribution is -2.28. The summed E-state index contributed by atoms with van der Waals surface area (Å²) < 4.78 is 10.8. The number of hydrogen-bond donors (Lipinski definition) is 1. The van der Waals surface area contributed by atoms with Crippen LogP contribution in [0.25, 0.3) is 0 Å². The zero-order valence-electron chi connectivity index (χ0n) is 63.1. The van der Waals surface area contributed by atoms with E-state index in [0.29, 0.717) is 12.8 Å². The summed E-state index contributed by atoms with van der Waals surface area (Å²) in [4.78, 5) is 24.7. The lowest BCUT2D eigenvalue weighted by atomic mass is 10.0. The lowest BCUT2D eigenvalue weighted by Gasteiger charge is -2.15. The Morgan fingerprint density at radius 1 is 0.250 bits per heavy atom. The molecule has 0 heterocycles. The van der Waals surface area contributed by atoms with E-state index in [-0.39, 0.29) is 25.2 Å². The predicted octanol–water partition coefficient (Wildman–Crippen LogP) is 29.3. The second-order valence-corrected chi connectivity index (χ2v) is 27.1. The smallest absolute Gasteiger partial charge is 0.306 e. The molecule has 5 nitrogen and oxygen atoms in total. The van der Waals surface area contributed by atoms with E-state index in [1.807, 2.05) is 0 Å². The minimum Gasteiger partial charge on any atom is -0.462 e. The number of aliphatic hydroxyl groups excluding tert-OH is 1. The van der Waals surface area contributed by atoms with Crippen LogP contribution in [0.15, 0.2) is 158 Å². The quantitative estimate of drug-likeness (QED) is 0.0373. The third kappa shape index (κ3) is 81.9. The Hall–Kier alpha value is -4.48. The molecular formula is C91H154O5. The first-order valence-electron chi connectivity index (χ1n) is 41.0. The third-order valence-electron chi connectivity index (χ3n) is 17.8. The molecule has 0 radical (unpaired) electrons. The van der Waals surface area contributed by atoms with Gasteiger partial charge in [-0.25, -0.2) is 0 Å². The van der Waals surface area contributed by atoms with Gasteiger partial charge in [-0.05, 0) is 128 Å². The molecule has 0 amide bonds. The number of carbonyl (C=O) groups excluding carboxylic acids is 2. The number of ether oxygens (including phenoxy) is 2. The van der Waals surface area contributed by atoms with Crippen LogP contribution in [0.3, 0.4) is 0 Å². The van der Waals surface area contributed by atoms with Crippen LogP contribution in [-0.2, 0) is 19.1 Å². The van der Waals surface area contributed by atoms with Crippen LogP contribution in [0.5, 0.6) is 0 Å². The van der Waals surface area contributed by atoms with Gasteiger partial charge in [-0.15, -0.1) is 0 Å². The van der Waals surface area contributed by atoms with Crippen LogP contribution in [0.2, 0.25) is 0 Å². The van der Waals surface area contributed by atoms with Gasteiger partial charge in [-0.3, -0.25) is 9.59 Å². The van der Waals surface area contributed by atoms with E-state index in [1.54, 1.807) is 0 Å². The van der Waals surface area contributed by atoms with Crippen molar-refractivity contribution in [1.29, 1.82) is 0 Å². The molecule has 1 N–H and O–H groups in total. The summed E-state index contributed by atoms with van der Waals surface area (Å²) in [5.74, 6) is -0.587. The fraction of sp³-hybridized carbons (Fsp3) is 0.692. The average Bonchev–Trinajstić information content (AvgIpc) is 3.79. The fourth-order valence-electron chi connectivity index (χ4n) is 11.7.